The van der Waals surface area contributed by atoms with Crippen LogP contribution in [0.15, 0.2) is 54.6 Å². The lowest BCUT2D eigenvalue weighted by Gasteiger charge is -2.37. The Morgan fingerprint density at radius 1 is 0.870 bits per heavy atom. The SMILES string of the molecule is CC1C=C(c2ccc(C(C)(C)C)cc2)C(C)(C)c2ccccc21. The third-order valence-electron chi connectivity index (χ3n) is 5.28. The molecule has 1 atom stereocenters. The van der Waals surface area contributed by atoms with Crippen molar-refractivity contribution in [3.63, 3.8) is 0 Å². The smallest absolute Gasteiger partial charge is 0.0152 e. The molecule has 0 amide bonds. The maximum atomic E-state index is 2.45. The van der Waals surface area contributed by atoms with Crippen LogP contribution in [-0.4, -0.2) is 0 Å². The Balaban J connectivity index is 2.07. The van der Waals surface area contributed by atoms with Crippen molar-refractivity contribution < 1.29 is 0 Å². The highest BCUT2D eigenvalue weighted by Crippen LogP contribution is 2.46. The molecule has 0 saturated heterocycles. The maximum absolute atomic E-state index is 2.45. The third kappa shape index (κ3) is 2.76. The van der Waals surface area contributed by atoms with Gasteiger partial charge in [0.05, 0.1) is 0 Å². The van der Waals surface area contributed by atoms with Crippen molar-refractivity contribution in [2.45, 2.75) is 58.3 Å². The summed E-state index contributed by atoms with van der Waals surface area (Å²) in [6.45, 7) is 13.8. The van der Waals surface area contributed by atoms with E-state index in [0.29, 0.717) is 5.92 Å². The van der Waals surface area contributed by atoms with E-state index in [4.69, 9.17) is 0 Å². The highest BCUT2D eigenvalue weighted by molar-refractivity contribution is 5.78. The predicted molar refractivity (Wildman–Crippen MR) is 101 cm³/mol. The summed E-state index contributed by atoms with van der Waals surface area (Å²) in [5.41, 5.74) is 7.37. The predicted octanol–water partition coefficient (Wildman–Crippen LogP) is 6.46. The van der Waals surface area contributed by atoms with Crippen LogP contribution in [0.5, 0.6) is 0 Å². The fourth-order valence-corrected chi connectivity index (χ4v) is 3.76. The molecule has 0 heteroatoms. The summed E-state index contributed by atoms with van der Waals surface area (Å²) in [7, 11) is 0. The van der Waals surface area contributed by atoms with Gasteiger partial charge in [-0.15, -0.1) is 0 Å². The summed E-state index contributed by atoms with van der Waals surface area (Å²) in [5, 5.41) is 0. The van der Waals surface area contributed by atoms with E-state index in [2.05, 4.69) is 96.1 Å². The molecule has 0 nitrogen and oxygen atoms in total. The second kappa shape index (κ2) is 5.37. The van der Waals surface area contributed by atoms with Crippen LogP contribution in [0, 0.1) is 0 Å². The minimum absolute atomic E-state index is 0.0480. The molecule has 0 bridgehead atoms. The van der Waals surface area contributed by atoms with Crippen LogP contribution in [0.2, 0.25) is 0 Å². The van der Waals surface area contributed by atoms with Crippen LogP contribution < -0.4 is 0 Å². The maximum Gasteiger partial charge on any atom is 0.0152 e. The molecule has 0 heterocycles. The van der Waals surface area contributed by atoms with Gasteiger partial charge in [0.2, 0.25) is 0 Å². The van der Waals surface area contributed by atoms with Gasteiger partial charge in [0.1, 0.15) is 0 Å². The van der Waals surface area contributed by atoms with Gasteiger partial charge in [-0.05, 0) is 39.2 Å². The zero-order valence-corrected chi connectivity index (χ0v) is 15.3. The zero-order chi connectivity index (χ0) is 16.8. The average molecular weight is 304 g/mol. The molecule has 0 fully saturated rings. The van der Waals surface area contributed by atoms with Crippen molar-refractivity contribution in [2.24, 2.45) is 0 Å². The van der Waals surface area contributed by atoms with Crippen LogP contribution in [0.1, 0.15) is 69.7 Å². The molecule has 2 aromatic carbocycles. The molecule has 0 N–H and O–H groups in total. The lowest BCUT2D eigenvalue weighted by molar-refractivity contribution is 0.590. The fourth-order valence-electron chi connectivity index (χ4n) is 3.76. The molecule has 0 spiro atoms. The largest absolute Gasteiger partial charge is 0.0726 e. The first-order valence-corrected chi connectivity index (χ1v) is 8.64. The lowest BCUT2D eigenvalue weighted by atomic mass is 9.67. The van der Waals surface area contributed by atoms with Crippen LogP contribution in [0.25, 0.3) is 5.57 Å². The van der Waals surface area contributed by atoms with E-state index in [-0.39, 0.29) is 10.8 Å². The number of rotatable bonds is 1. The topological polar surface area (TPSA) is 0 Å². The molecule has 1 unspecified atom stereocenters. The van der Waals surface area contributed by atoms with Crippen molar-refractivity contribution >= 4 is 5.57 Å². The first-order chi connectivity index (χ1) is 10.7. The molecular weight excluding hydrogens is 276 g/mol. The van der Waals surface area contributed by atoms with Crippen molar-refractivity contribution in [1.29, 1.82) is 0 Å². The van der Waals surface area contributed by atoms with E-state index < -0.39 is 0 Å². The molecule has 23 heavy (non-hydrogen) atoms. The third-order valence-corrected chi connectivity index (χ3v) is 5.28. The van der Waals surface area contributed by atoms with Gasteiger partial charge in [-0.2, -0.15) is 0 Å². The van der Waals surface area contributed by atoms with Crippen molar-refractivity contribution in [3.05, 3.63) is 76.9 Å². The Bertz CT molecular complexity index is 736. The number of fused-ring (bicyclic) bond motifs is 1. The van der Waals surface area contributed by atoms with Gasteiger partial charge in [0.25, 0.3) is 0 Å². The van der Waals surface area contributed by atoms with Gasteiger partial charge in [0.15, 0.2) is 0 Å². The monoisotopic (exact) mass is 304 g/mol. The molecule has 3 rings (SSSR count). The molecule has 1 aliphatic rings. The highest BCUT2D eigenvalue weighted by atomic mass is 14.4. The standard InChI is InChI=1S/C23H28/c1-16-15-21(17-11-13-18(14-12-17)22(2,3)4)23(5,6)20-10-8-7-9-19(16)20/h7-16H,1-6H3. The molecule has 0 aromatic heterocycles. The number of allylic oxidation sites excluding steroid dienone is 2. The number of hydrogen-bond acceptors (Lipinski definition) is 0. The lowest BCUT2D eigenvalue weighted by Crippen LogP contribution is -2.26. The molecule has 2 aromatic rings. The van der Waals surface area contributed by atoms with Crippen molar-refractivity contribution in [1.82, 2.24) is 0 Å². The van der Waals surface area contributed by atoms with Crippen LogP contribution in [0.3, 0.4) is 0 Å². The van der Waals surface area contributed by atoms with Gasteiger partial charge in [0, 0.05) is 5.41 Å². The van der Waals surface area contributed by atoms with E-state index in [9.17, 15) is 0 Å². The van der Waals surface area contributed by atoms with Gasteiger partial charge >= 0.3 is 0 Å². The van der Waals surface area contributed by atoms with Gasteiger partial charge in [-0.3, -0.25) is 0 Å². The van der Waals surface area contributed by atoms with Crippen LogP contribution in [0.4, 0.5) is 0 Å². The summed E-state index contributed by atoms with van der Waals surface area (Å²) in [4.78, 5) is 0. The van der Waals surface area contributed by atoms with Gasteiger partial charge < -0.3 is 0 Å². The van der Waals surface area contributed by atoms with E-state index >= 15 is 0 Å². The van der Waals surface area contributed by atoms with Gasteiger partial charge in [-0.25, -0.2) is 0 Å². The summed E-state index contributed by atoms with van der Waals surface area (Å²) < 4.78 is 0. The van der Waals surface area contributed by atoms with E-state index in [1.807, 2.05) is 0 Å². The van der Waals surface area contributed by atoms with Crippen molar-refractivity contribution in [2.75, 3.05) is 0 Å². The Hall–Kier alpha value is -1.82. The second-order valence-electron chi connectivity index (χ2n) is 8.41. The van der Waals surface area contributed by atoms with E-state index in [0.717, 1.165) is 0 Å². The first kappa shape index (κ1) is 16.1. The number of benzene rings is 2. The van der Waals surface area contributed by atoms with E-state index in [1.54, 1.807) is 0 Å². The summed E-state index contributed by atoms with van der Waals surface area (Å²) in [6.07, 6.45) is 2.45. The zero-order valence-electron chi connectivity index (χ0n) is 15.3. The molecule has 0 saturated carbocycles. The first-order valence-electron chi connectivity index (χ1n) is 8.64. The van der Waals surface area contributed by atoms with Gasteiger partial charge in [-0.1, -0.05) is 96.1 Å². The second-order valence-corrected chi connectivity index (χ2v) is 8.41. The Labute approximate surface area is 141 Å². The molecule has 120 valence electrons. The molecule has 0 radical (unpaired) electrons. The summed E-state index contributed by atoms with van der Waals surface area (Å²) in [6, 6.07) is 18.1. The Morgan fingerprint density at radius 3 is 2.09 bits per heavy atom. The number of hydrogen-bond donors (Lipinski definition) is 0. The minimum atomic E-state index is 0.0480. The van der Waals surface area contributed by atoms with Crippen LogP contribution in [-0.2, 0) is 10.8 Å². The highest BCUT2D eigenvalue weighted by Gasteiger charge is 2.33. The van der Waals surface area contributed by atoms with E-state index in [1.165, 1.54) is 27.8 Å². The summed E-state index contributed by atoms with van der Waals surface area (Å²) in [5.74, 6) is 0.469. The molecule has 0 aliphatic heterocycles. The van der Waals surface area contributed by atoms with Crippen molar-refractivity contribution in [3.8, 4) is 0 Å². The molecular formula is C23H28. The Morgan fingerprint density at radius 2 is 1.48 bits per heavy atom. The fraction of sp³-hybridized carbons (Fsp3) is 0.391. The average Bonchev–Trinajstić information content (AvgIpc) is 2.50. The molecule has 1 aliphatic carbocycles. The quantitative estimate of drug-likeness (QED) is 0.567. The Kier molecular flexibility index (Phi) is 3.75. The van der Waals surface area contributed by atoms with Crippen LogP contribution >= 0.6 is 0 Å². The summed E-state index contributed by atoms with van der Waals surface area (Å²) >= 11 is 0. The minimum Gasteiger partial charge on any atom is -0.0726 e. The normalized spacial score (nSPS) is 19.9.